The van der Waals surface area contributed by atoms with E-state index in [1.807, 2.05) is 55.4 Å². The second kappa shape index (κ2) is 4.85. The normalized spacial score (nSPS) is 16.5. The van der Waals surface area contributed by atoms with E-state index >= 15 is 0 Å². The van der Waals surface area contributed by atoms with Crippen molar-refractivity contribution in [1.29, 1.82) is 0 Å². The number of carbonyl (C=O) groups excluding carboxylic acids is 1. The first-order chi connectivity index (χ1) is 9.66. The Balaban J connectivity index is 1.94. The predicted octanol–water partition coefficient (Wildman–Crippen LogP) is 2.25. The van der Waals surface area contributed by atoms with Crippen molar-refractivity contribution < 1.29 is 4.79 Å². The summed E-state index contributed by atoms with van der Waals surface area (Å²) in [7, 11) is 3.85. The minimum atomic E-state index is -0.380. The third kappa shape index (κ3) is 2.07. The number of aromatic nitrogens is 1. The number of hydrogen-bond acceptors (Lipinski definition) is 4. The van der Waals surface area contributed by atoms with Crippen LogP contribution in [0.1, 0.15) is 11.6 Å². The second-order valence-corrected chi connectivity index (χ2v) is 4.92. The van der Waals surface area contributed by atoms with Crippen molar-refractivity contribution in [3.63, 3.8) is 0 Å². The molecule has 0 saturated carbocycles. The van der Waals surface area contributed by atoms with Gasteiger partial charge in [0.15, 0.2) is 5.82 Å². The first-order valence-corrected chi connectivity index (χ1v) is 6.45. The molecule has 0 radical (unpaired) electrons. The maximum atomic E-state index is 12.1. The molecule has 0 saturated heterocycles. The molecule has 1 amide bonds. The van der Waals surface area contributed by atoms with E-state index < -0.39 is 0 Å². The zero-order valence-corrected chi connectivity index (χ0v) is 11.4. The Bertz CT molecular complexity index is 654. The highest BCUT2D eigenvalue weighted by atomic mass is 16.2. The van der Waals surface area contributed by atoms with Crippen molar-refractivity contribution in [3.05, 3.63) is 48.2 Å². The zero-order valence-electron chi connectivity index (χ0n) is 11.4. The minimum Gasteiger partial charge on any atom is -0.367 e. The maximum absolute atomic E-state index is 12.1. The third-order valence-electron chi connectivity index (χ3n) is 3.30. The van der Waals surface area contributed by atoms with Crippen LogP contribution >= 0.6 is 0 Å². The summed E-state index contributed by atoms with van der Waals surface area (Å²) in [6.07, 6.45) is 1.74. The maximum Gasteiger partial charge on any atom is 0.251 e. The molecule has 5 heteroatoms. The van der Waals surface area contributed by atoms with E-state index in [9.17, 15) is 4.79 Å². The van der Waals surface area contributed by atoms with E-state index in [2.05, 4.69) is 15.6 Å². The van der Waals surface area contributed by atoms with Crippen LogP contribution in [0, 0.1) is 0 Å². The van der Waals surface area contributed by atoms with E-state index in [4.69, 9.17) is 0 Å². The molecule has 0 bridgehead atoms. The molecule has 0 aliphatic carbocycles. The van der Waals surface area contributed by atoms with Crippen LogP contribution in [0.5, 0.6) is 0 Å². The van der Waals surface area contributed by atoms with Gasteiger partial charge in [-0.05, 0) is 18.2 Å². The lowest BCUT2D eigenvalue weighted by molar-refractivity contribution is -0.116. The topological polar surface area (TPSA) is 57.3 Å². The summed E-state index contributed by atoms with van der Waals surface area (Å²) in [5, 5.41) is 6.16. The van der Waals surface area contributed by atoms with Crippen molar-refractivity contribution in [1.82, 2.24) is 4.98 Å². The van der Waals surface area contributed by atoms with Gasteiger partial charge in [-0.25, -0.2) is 4.98 Å². The lowest BCUT2D eigenvalue weighted by Crippen LogP contribution is -2.21. The number of pyridine rings is 1. The summed E-state index contributed by atoms with van der Waals surface area (Å²) < 4.78 is 0. The smallest absolute Gasteiger partial charge is 0.251 e. The first kappa shape index (κ1) is 12.5. The molecule has 5 nitrogen and oxygen atoms in total. The first-order valence-electron chi connectivity index (χ1n) is 6.45. The van der Waals surface area contributed by atoms with Crippen LogP contribution < -0.4 is 15.5 Å². The number of rotatable bonds is 3. The Labute approximate surface area is 117 Å². The number of para-hydroxylation sites is 1. The van der Waals surface area contributed by atoms with Crippen molar-refractivity contribution in [2.75, 3.05) is 29.6 Å². The second-order valence-electron chi connectivity index (χ2n) is 4.92. The lowest BCUT2D eigenvalue weighted by Gasteiger charge is -2.19. The van der Waals surface area contributed by atoms with Gasteiger partial charge in [0.05, 0.1) is 5.69 Å². The predicted molar refractivity (Wildman–Crippen MR) is 80.0 cm³/mol. The summed E-state index contributed by atoms with van der Waals surface area (Å²) >= 11 is 0. The molecule has 1 aliphatic heterocycles. The quantitative estimate of drug-likeness (QED) is 0.896. The van der Waals surface area contributed by atoms with Gasteiger partial charge in [-0.1, -0.05) is 18.2 Å². The number of nitrogens with one attached hydrogen (secondary N) is 2. The average Bonchev–Trinajstić information content (AvgIpc) is 2.76. The lowest BCUT2D eigenvalue weighted by atomic mass is 10.1. The molecule has 1 aromatic heterocycles. The van der Waals surface area contributed by atoms with Crippen molar-refractivity contribution in [3.8, 4) is 0 Å². The van der Waals surface area contributed by atoms with Gasteiger partial charge in [0.2, 0.25) is 0 Å². The fourth-order valence-corrected chi connectivity index (χ4v) is 2.37. The molecule has 3 rings (SSSR count). The number of anilines is 3. The molecule has 0 fully saturated rings. The Morgan fingerprint density at radius 1 is 1.20 bits per heavy atom. The molecule has 20 heavy (non-hydrogen) atoms. The average molecular weight is 268 g/mol. The van der Waals surface area contributed by atoms with Gasteiger partial charge in [0.25, 0.3) is 5.91 Å². The Morgan fingerprint density at radius 3 is 2.80 bits per heavy atom. The van der Waals surface area contributed by atoms with Gasteiger partial charge in [-0.15, -0.1) is 0 Å². The van der Waals surface area contributed by atoms with Crippen LogP contribution in [0.3, 0.4) is 0 Å². The summed E-state index contributed by atoms with van der Waals surface area (Å²) in [6.45, 7) is 0. The van der Waals surface area contributed by atoms with Gasteiger partial charge in [-0.3, -0.25) is 4.79 Å². The molecule has 1 aliphatic rings. The van der Waals surface area contributed by atoms with Crippen LogP contribution in [-0.2, 0) is 4.79 Å². The van der Waals surface area contributed by atoms with E-state index in [0.29, 0.717) is 0 Å². The molecule has 2 heterocycles. The SMILES string of the molecule is CN(C)c1ncccc1NC1C(=O)Nc2ccccc21. The molecule has 1 atom stereocenters. The number of amides is 1. The van der Waals surface area contributed by atoms with Gasteiger partial charge in [-0.2, -0.15) is 0 Å². The summed E-state index contributed by atoms with van der Waals surface area (Å²) in [5.41, 5.74) is 2.67. The van der Waals surface area contributed by atoms with Gasteiger partial charge in [0, 0.05) is 31.5 Å². The van der Waals surface area contributed by atoms with Gasteiger partial charge < -0.3 is 15.5 Å². The number of hydrogen-bond donors (Lipinski definition) is 2. The summed E-state index contributed by atoms with van der Waals surface area (Å²) in [5.74, 6) is 0.768. The van der Waals surface area contributed by atoms with Crippen molar-refractivity contribution in [2.45, 2.75) is 6.04 Å². The molecule has 1 aromatic carbocycles. The number of fused-ring (bicyclic) bond motifs is 1. The van der Waals surface area contributed by atoms with Crippen LogP contribution in [0.25, 0.3) is 0 Å². The van der Waals surface area contributed by atoms with Crippen molar-refractivity contribution >= 4 is 23.1 Å². The van der Waals surface area contributed by atoms with Gasteiger partial charge >= 0.3 is 0 Å². The molecular weight excluding hydrogens is 252 g/mol. The van der Waals surface area contributed by atoms with E-state index in [-0.39, 0.29) is 11.9 Å². The molecule has 0 spiro atoms. The number of nitrogens with zero attached hydrogens (tertiary/aromatic N) is 2. The summed E-state index contributed by atoms with van der Waals surface area (Å²) in [4.78, 5) is 18.4. The van der Waals surface area contributed by atoms with E-state index in [1.54, 1.807) is 6.20 Å². The Hall–Kier alpha value is -2.56. The van der Waals surface area contributed by atoms with Crippen LogP contribution in [-0.4, -0.2) is 25.0 Å². The molecule has 2 N–H and O–H groups in total. The highest BCUT2D eigenvalue weighted by molar-refractivity contribution is 6.04. The van der Waals surface area contributed by atoms with E-state index in [1.165, 1.54) is 0 Å². The van der Waals surface area contributed by atoms with Crippen LogP contribution in [0.4, 0.5) is 17.2 Å². The fourth-order valence-electron chi connectivity index (χ4n) is 2.37. The molecular formula is C15H16N4O. The molecule has 2 aromatic rings. The zero-order chi connectivity index (χ0) is 14.1. The number of benzene rings is 1. The van der Waals surface area contributed by atoms with Crippen LogP contribution in [0.2, 0.25) is 0 Å². The highest BCUT2D eigenvalue weighted by Gasteiger charge is 2.30. The Morgan fingerprint density at radius 2 is 2.00 bits per heavy atom. The minimum absolute atomic E-state index is 0.0419. The largest absolute Gasteiger partial charge is 0.367 e. The molecule has 102 valence electrons. The highest BCUT2D eigenvalue weighted by Crippen LogP contribution is 2.34. The fraction of sp³-hybridized carbons (Fsp3) is 0.200. The van der Waals surface area contributed by atoms with Crippen molar-refractivity contribution in [2.24, 2.45) is 0 Å². The number of carbonyl (C=O) groups is 1. The Kier molecular flexibility index (Phi) is 3.02. The monoisotopic (exact) mass is 268 g/mol. The molecule has 1 unspecified atom stereocenters. The standard InChI is InChI=1S/C15H16N4O/c1-19(2)14-12(8-5-9-16-14)17-13-10-6-3-4-7-11(10)18-15(13)20/h3-9,13,17H,1-2H3,(H,18,20). The van der Waals surface area contributed by atoms with Crippen LogP contribution in [0.15, 0.2) is 42.6 Å². The third-order valence-corrected chi connectivity index (χ3v) is 3.30. The van der Waals surface area contributed by atoms with E-state index in [0.717, 1.165) is 22.8 Å². The van der Waals surface area contributed by atoms with Gasteiger partial charge in [0.1, 0.15) is 6.04 Å². The summed E-state index contributed by atoms with van der Waals surface area (Å²) in [6, 6.07) is 11.1.